The first-order valence-corrected chi connectivity index (χ1v) is 6.82. The van der Waals surface area contributed by atoms with Gasteiger partial charge >= 0.3 is 0 Å². The normalized spacial score (nSPS) is 22.4. The first kappa shape index (κ1) is 14.1. The van der Waals surface area contributed by atoms with Crippen LogP contribution in [-0.4, -0.2) is 25.7 Å². The number of nitrogens with one attached hydrogen (secondary N) is 3. The van der Waals surface area contributed by atoms with Gasteiger partial charge < -0.3 is 10.1 Å². The van der Waals surface area contributed by atoms with E-state index in [2.05, 4.69) is 35.7 Å². The van der Waals surface area contributed by atoms with Crippen LogP contribution in [0.4, 0.5) is 0 Å². The molecule has 0 bridgehead atoms. The van der Waals surface area contributed by atoms with Crippen LogP contribution >= 0.6 is 0 Å². The minimum Gasteiger partial charge on any atom is -0.489 e. The predicted molar refractivity (Wildman–Crippen MR) is 77.9 cm³/mol. The number of benzene rings is 1. The van der Waals surface area contributed by atoms with E-state index < -0.39 is 0 Å². The summed E-state index contributed by atoms with van der Waals surface area (Å²) < 4.78 is 5.65. The third-order valence-electron chi connectivity index (χ3n) is 3.45. The zero-order chi connectivity index (χ0) is 13.5. The lowest BCUT2D eigenvalue weighted by atomic mass is 10.0. The molecule has 0 saturated carbocycles. The Bertz CT molecular complexity index is 408. The van der Waals surface area contributed by atoms with Gasteiger partial charge in [-0.25, -0.2) is 0 Å². The highest BCUT2D eigenvalue weighted by atomic mass is 16.5. The van der Waals surface area contributed by atoms with Crippen LogP contribution in [-0.2, 0) is 6.54 Å². The van der Waals surface area contributed by atoms with Crippen LogP contribution in [0.2, 0.25) is 0 Å². The van der Waals surface area contributed by atoms with Gasteiger partial charge in [-0.3, -0.25) is 10.9 Å². The summed E-state index contributed by atoms with van der Waals surface area (Å²) in [5, 5.41) is 3.51. The summed E-state index contributed by atoms with van der Waals surface area (Å²) in [6.45, 7) is 9.27. The molecule has 1 aromatic rings. The average molecular weight is 261 g/mol. The topological polar surface area (TPSA) is 45.3 Å². The van der Waals surface area contributed by atoms with Crippen molar-refractivity contribution in [2.75, 3.05) is 19.7 Å². The molecule has 0 radical (unpaired) electrons. The molecular weight excluding hydrogens is 238 g/mol. The number of hydrazine groups is 1. The van der Waals surface area contributed by atoms with Crippen molar-refractivity contribution in [1.82, 2.24) is 16.2 Å². The minimum atomic E-state index is 0.514. The lowest BCUT2D eigenvalue weighted by molar-refractivity contribution is 0.356. The molecule has 1 heterocycles. The molecule has 2 atom stereocenters. The van der Waals surface area contributed by atoms with Gasteiger partial charge in [0.15, 0.2) is 0 Å². The monoisotopic (exact) mass is 261 g/mol. The Hall–Kier alpha value is -1.36. The zero-order valence-corrected chi connectivity index (χ0v) is 11.5. The van der Waals surface area contributed by atoms with Crippen molar-refractivity contribution in [3.05, 3.63) is 42.5 Å². The molecule has 1 aromatic carbocycles. The van der Waals surface area contributed by atoms with Gasteiger partial charge in [-0.05, 0) is 13.0 Å². The van der Waals surface area contributed by atoms with E-state index in [1.807, 2.05) is 18.2 Å². The van der Waals surface area contributed by atoms with Gasteiger partial charge in [0.25, 0.3) is 0 Å². The predicted octanol–water partition coefficient (Wildman–Crippen LogP) is 1.45. The molecule has 0 aliphatic carbocycles. The summed E-state index contributed by atoms with van der Waals surface area (Å²) >= 11 is 0. The molecule has 0 spiro atoms. The van der Waals surface area contributed by atoms with Crippen LogP contribution in [0.15, 0.2) is 36.9 Å². The van der Waals surface area contributed by atoms with Gasteiger partial charge in [0.2, 0.25) is 0 Å². The maximum atomic E-state index is 5.65. The molecule has 1 aliphatic heterocycles. The van der Waals surface area contributed by atoms with Crippen molar-refractivity contribution in [3.63, 3.8) is 0 Å². The molecule has 4 nitrogen and oxygen atoms in total. The van der Waals surface area contributed by atoms with E-state index in [0.29, 0.717) is 18.6 Å². The van der Waals surface area contributed by atoms with E-state index in [1.54, 1.807) is 6.08 Å². The van der Waals surface area contributed by atoms with E-state index in [-0.39, 0.29) is 0 Å². The maximum Gasteiger partial charge on any atom is 0.124 e. The van der Waals surface area contributed by atoms with E-state index in [4.69, 9.17) is 4.74 Å². The van der Waals surface area contributed by atoms with E-state index in [1.165, 1.54) is 5.56 Å². The van der Waals surface area contributed by atoms with Crippen molar-refractivity contribution in [1.29, 1.82) is 0 Å². The van der Waals surface area contributed by atoms with Crippen LogP contribution in [0, 0.1) is 5.92 Å². The van der Waals surface area contributed by atoms with Crippen LogP contribution < -0.4 is 20.9 Å². The van der Waals surface area contributed by atoms with Gasteiger partial charge in [0.1, 0.15) is 12.4 Å². The Morgan fingerprint density at radius 2 is 2.32 bits per heavy atom. The fourth-order valence-electron chi connectivity index (χ4n) is 2.23. The quantitative estimate of drug-likeness (QED) is 0.650. The fraction of sp³-hybridized carbons (Fsp3) is 0.467. The molecule has 2 unspecified atom stereocenters. The molecule has 0 aromatic heterocycles. The fourth-order valence-corrected chi connectivity index (χ4v) is 2.23. The third kappa shape index (κ3) is 4.06. The number of ether oxygens (including phenoxy) is 1. The summed E-state index contributed by atoms with van der Waals surface area (Å²) in [4.78, 5) is 0. The summed E-state index contributed by atoms with van der Waals surface area (Å²) in [5.74, 6) is 1.56. The van der Waals surface area contributed by atoms with E-state index >= 15 is 0 Å². The molecule has 0 amide bonds. The Morgan fingerprint density at radius 3 is 3.05 bits per heavy atom. The standard InChI is InChI=1S/C15H23N3O/c1-3-8-19-15-7-5-4-6-13(15)9-16-10-14-11-17-18-12(14)2/h3-7,12,14,16-18H,1,8-11H2,2H3. The molecule has 1 aliphatic rings. The van der Waals surface area contributed by atoms with Gasteiger partial charge in [-0.2, -0.15) is 0 Å². The highest BCUT2D eigenvalue weighted by Gasteiger charge is 2.21. The second kappa shape index (κ2) is 7.28. The maximum absolute atomic E-state index is 5.65. The lowest BCUT2D eigenvalue weighted by Crippen LogP contribution is -2.32. The largest absolute Gasteiger partial charge is 0.489 e. The number of hydrogen-bond acceptors (Lipinski definition) is 4. The molecular formula is C15H23N3O. The minimum absolute atomic E-state index is 0.514. The second-order valence-electron chi connectivity index (χ2n) is 4.91. The highest BCUT2D eigenvalue weighted by molar-refractivity contribution is 5.33. The number of hydrogen-bond donors (Lipinski definition) is 3. The Labute approximate surface area is 115 Å². The Kier molecular flexibility index (Phi) is 5.39. The van der Waals surface area contributed by atoms with E-state index in [9.17, 15) is 0 Å². The van der Waals surface area contributed by atoms with Crippen molar-refractivity contribution >= 4 is 0 Å². The molecule has 3 N–H and O–H groups in total. The molecule has 19 heavy (non-hydrogen) atoms. The van der Waals surface area contributed by atoms with Crippen LogP contribution in [0.1, 0.15) is 12.5 Å². The molecule has 104 valence electrons. The SMILES string of the molecule is C=CCOc1ccccc1CNCC1CNNC1C. The zero-order valence-electron chi connectivity index (χ0n) is 11.5. The number of para-hydroxylation sites is 1. The smallest absolute Gasteiger partial charge is 0.124 e. The van der Waals surface area contributed by atoms with E-state index in [0.717, 1.165) is 25.4 Å². The molecule has 1 saturated heterocycles. The average Bonchev–Trinajstić information content (AvgIpc) is 2.83. The van der Waals surface area contributed by atoms with Crippen LogP contribution in [0.3, 0.4) is 0 Å². The lowest BCUT2D eigenvalue weighted by Gasteiger charge is -2.15. The summed E-state index contributed by atoms with van der Waals surface area (Å²) in [5.41, 5.74) is 7.61. The van der Waals surface area contributed by atoms with Crippen LogP contribution in [0.25, 0.3) is 0 Å². The Morgan fingerprint density at radius 1 is 1.47 bits per heavy atom. The van der Waals surface area contributed by atoms with Gasteiger partial charge in [0, 0.05) is 37.2 Å². The Balaban J connectivity index is 1.83. The summed E-state index contributed by atoms with van der Waals surface area (Å²) in [7, 11) is 0. The van der Waals surface area contributed by atoms with Crippen molar-refractivity contribution in [2.45, 2.75) is 19.5 Å². The van der Waals surface area contributed by atoms with Crippen molar-refractivity contribution in [3.8, 4) is 5.75 Å². The van der Waals surface area contributed by atoms with Crippen LogP contribution in [0.5, 0.6) is 5.75 Å². The molecule has 1 fully saturated rings. The summed E-state index contributed by atoms with van der Waals surface area (Å²) in [6, 6.07) is 8.65. The summed E-state index contributed by atoms with van der Waals surface area (Å²) in [6.07, 6.45) is 1.77. The highest BCUT2D eigenvalue weighted by Crippen LogP contribution is 2.17. The molecule has 4 heteroatoms. The van der Waals surface area contributed by atoms with Gasteiger partial charge in [-0.15, -0.1) is 0 Å². The van der Waals surface area contributed by atoms with Crippen molar-refractivity contribution in [2.24, 2.45) is 5.92 Å². The van der Waals surface area contributed by atoms with Gasteiger partial charge in [-0.1, -0.05) is 30.9 Å². The first-order chi connectivity index (χ1) is 9.31. The third-order valence-corrected chi connectivity index (χ3v) is 3.45. The molecule has 2 rings (SSSR count). The van der Waals surface area contributed by atoms with Crippen molar-refractivity contribution < 1.29 is 4.74 Å². The number of rotatable bonds is 7. The second-order valence-corrected chi connectivity index (χ2v) is 4.91. The van der Waals surface area contributed by atoms with Gasteiger partial charge in [0.05, 0.1) is 0 Å². The first-order valence-electron chi connectivity index (χ1n) is 6.82.